The van der Waals surface area contributed by atoms with E-state index in [1.807, 2.05) is 24.3 Å². The van der Waals surface area contributed by atoms with Crippen LogP contribution in [0.2, 0.25) is 0 Å². The fraction of sp³-hybridized carbons (Fsp3) is 0.357. The summed E-state index contributed by atoms with van der Waals surface area (Å²) in [6.07, 6.45) is 5.09. The van der Waals surface area contributed by atoms with Crippen molar-refractivity contribution >= 4 is 11.6 Å². The van der Waals surface area contributed by atoms with Crippen molar-refractivity contribution < 1.29 is 9.53 Å². The van der Waals surface area contributed by atoms with Gasteiger partial charge in [-0.3, -0.25) is 4.79 Å². The summed E-state index contributed by atoms with van der Waals surface area (Å²) in [6, 6.07) is 7.37. The van der Waals surface area contributed by atoms with Crippen molar-refractivity contribution in [1.29, 1.82) is 0 Å². The largest absolute Gasteiger partial charge is 0.380 e. The number of methoxy groups -OCH3 is 1. The number of anilines is 1. The Kier molecular flexibility index (Phi) is 5.75. The zero-order valence-corrected chi connectivity index (χ0v) is 10.7. The first kappa shape index (κ1) is 14.1. The van der Waals surface area contributed by atoms with E-state index in [2.05, 4.69) is 16.6 Å². The van der Waals surface area contributed by atoms with Crippen LogP contribution in [0.4, 0.5) is 5.69 Å². The Hall–Kier alpha value is -1.99. The van der Waals surface area contributed by atoms with E-state index in [0.717, 1.165) is 11.3 Å². The maximum absolute atomic E-state index is 11.7. The van der Waals surface area contributed by atoms with Gasteiger partial charge in [0, 0.05) is 18.4 Å². The van der Waals surface area contributed by atoms with E-state index in [1.165, 1.54) is 0 Å². The molecule has 96 valence electrons. The molecule has 0 bridgehead atoms. The Labute approximate surface area is 108 Å². The van der Waals surface area contributed by atoms with Gasteiger partial charge < -0.3 is 15.4 Å². The molecule has 0 saturated heterocycles. The molecule has 1 aromatic rings. The van der Waals surface area contributed by atoms with E-state index in [-0.39, 0.29) is 18.5 Å². The third kappa shape index (κ3) is 4.11. The maximum Gasteiger partial charge on any atom is 0.242 e. The van der Waals surface area contributed by atoms with Gasteiger partial charge in [-0.1, -0.05) is 24.1 Å². The molecule has 0 aliphatic carbocycles. The highest BCUT2D eigenvalue weighted by molar-refractivity contribution is 5.84. The van der Waals surface area contributed by atoms with Gasteiger partial charge in [-0.05, 0) is 13.0 Å². The zero-order chi connectivity index (χ0) is 13.4. The van der Waals surface area contributed by atoms with Gasteiger partial charge in [0.15, 0.2) is 0 Å². The van der Waals surface area contributed by atoms with Crippen LogP contribution in [-0.2, 0) is 16.1 Å². The third-order valence-corrected chi connectivity index (χ3v) is 2.45. The molecule has 0 saturated carbocycles. The predicted octanol–water partition coefficient (Wildman–Crippen LogP) is 1.38. The first-order chi connectivity index (χ1) is 8.69. The lowest BCUT2D eigenvalue weighted by Gasteiger charge is -2.17. The molecule has 1 amide bonds. The number of hydrogen-bond acceptors (Lipinski definition) is 3. The van der Waals surface area contributed by atoms with Gasteiger partial charge in [0.1, 0.15) is 6.04 Å². The summed E-state index contributed by atoms with van der Waals surface area (Å²) in [6.45, 7) is 2.53. The number of rotatable bonds is 6. The van der Waals surface area contributed by atoms with Crippen molar-refractivity contribution in [3.8, 4) is 12.3 Å². The van der Waals surface area contributed by atoms with Crippen LogP contribution in [0.5, 0.6) is 0 Å². The number of carbonyl (C=O) groups is 1. The molecule has 0 heterocycles. The Bertz CT molecular complexity index is 438. The van der Waals surface area contributed by atoms with Gasteiger partial charge in [-0.15, -0.1) is 6.42 Å². The second-order valence-electron chi connectivity index (χ2n) is 3.88. The zero-order valence-electron chi connectivity index (χ0n) is 10.7. The van der Waals surface area contributed by atoms with Gasteiger partial charge in [0.25, 0.3) is 0 Å². The highest BCUT2D eigenvalue weighted by atomic mass is 16.5. The van der Waals surface area contributed by atoms with E-state index in [1.54, 1.807) is 14.0 Å². The molecule has 0 aliphatic rings. The molecule has 0 aromatic heterocycles. The van der Waals surface area contributed by atoms with E-state index in [0.29, 0.717) is 6.61 Å². The summed E-state index contributed by atoms with van der Waals surface area (Å²) in [5.74, 6) is 2.24. The average Bonchev–Trinajstić information content (AvgIpc) is 2.38. The van der Waals surface area contributed by atoms with Crippen molar-refractivity contribution in [3.05, 3.63) is 29.8 Å². The monoisotopic (exact) mass is 246 g/mol. The summed E-state index contributed by atoms with van der Waals surface area (Å²) in [7, 11) is 1.64. The Morgan fingerprint density at radius 3 is 2.89 bits per heavy atom. The van der Waals surface area contributed by atoms with E-state index >= 15 is 0 Å². The molecule has 4 heteroatoms. The number of amides is 1. The standard InChI is InChI=1S/C14H18N2O2/c1-4-9-15-14(17)11(2)16-13-8-6-5-7-12(13)10-18-3/h1,5-8,11,16H,9-10H2,2-3H3,(H,15,17). The van der Waals surface area contributed by atoms with Crippen molar-refractivity contribution in [2.45, 2.75) is 19.6 Å². The van der Waals surface area contributed by atoms with Crippen LogP contribution in [-0.4, -0.2) is 25.6 Å². The Morgan fingerprint density at radius 1 is 1.50 bits per heavy atom. The fourth-order valence-electron chi connectivity index (χ4n) is 1.53. The van der Waals surface area contributed by atoms with Crippen LogP contribution in [0, 0.1) is 12.3 Å². The molecule has 1 aromatic carbocycles. The number of para-hydroxylation sites is 1. The Balaban J connectivity index is 2.66. The summed E-state index contributed by atoms with van der Waals surface area (Å²) < 4.78 is 5.11. The highest BCUT2D eigenvalue weighted by Crippen LogP contribution is 2.16. The molecule has 0 radical (unpaired) electrons. The summed E-state index contributed by atoms with van der Waals surface area (Å²) in [5, 5.41) is 5.78. The number of hydrogen-bond donors (Lipinski definition) is 2. The topological polar surface area (TPSA) is 50.4 Å². The fourth-order valence-corrected chi connectivity index (χ4v) is 1.53. The lowest BCUT2D eigenvalue weighted by molar-refractivity contribution is -0.121. The van der Waals surface area contributed by atoms with Crippen LogP contribution < -0.4 is 10.6 Å². The first-order valence-electron chi connectivity index (χ1n) is 5.73. The molecule has 1 unspecified atom stereocenters. The average molecular weight is 246 g/mol. The number of carbonyl (C=O) groups excluding carboxylic acids is 1. The molecule has 2 N–H and O–H groups in total. The number of ether oxygens (including phenoxy) is 1. The summed E-state index contributed by atoms with van der Waals surface area (Å²) in [4.78, 5) is 11.7. The van der Waals surface area contributed by atoms with Crippen LogP contribution in [0.1, 0.15) is 12.5 Å². The van der Waals surface area contributed by atoms with Gasteiger partial charge in [0.05, 0.1) is 13.2 Å². The minimum absolute atomic E-state index is 0.125. The van der Waals surface area contributed by atoms with E-state index < -0.39 is 0 Å². The third-order valence-electron chi connectivity index (χ3n) is 2.45. The van der Waals surface area contributed by atoms with Gasteiger partial charge >= 0.3 is 0 Å². The molecule has 0 spiro atoms. The number of benzene rings is 1. The first-order valence-corrected chi connectivity index (χ1v) is 5.73. The number of nitrogens with one attached hydrogen (secondary N) is 2. The van der Waals surface area contributed by atoms with Crippen LogP contribution in [0.25, 0.3) is 0 Å². The second-order valence-corrected chi connectivity index (χ2v) is 3.88. The predicted molar refractivity (Wildman–Crippen MR) is 72.1 cm³/mol. The van der Waals surface area contributed by atoms with Crippen molar-refractivity contribution in [2.75, 3.05) is 19.0 Å². The molecule has 1 atom stereocenters. The molecular formula is C14H18N2O2. The van der Waals surface area contributed by atoms with Crippen LogP contribution in [0.3, 0.4) is 0 Å². The molecule has 0 fully saturated rings. The minimum Gasteiger partial charge on any atom is -0.380 e. The van der Waals surface area contributed by atoms with Crippen molar-refractivity contribution in [2.24, 2.45) is 0 Å². The Morgan fingerprint density at radius 2 is 2.22 bits per heavy atom. The lowest BCUT2D eigenvalue weighted by Crippen LogP contribution is -2.37. The molecule has 4 nitrogen and oxygen atoms in total. The lowest BCUT2D eigenvalue weighted by atomic mass is 10.1. The quantitative estimate of drug-likeness (QED) is 0.746. The van der Waals surface area contributed by atoms with E-state index in [9.17, 15) is 4.79 Å². The second kappa shape index (κ2) is 7.36. The van der Waals surface area contributed by atoms with Crippen LogP contribution >= 0.6 is 0 Å². The molecule has 0 aliphatic heterocycles. The summed E-state index contributed by atoms with van der Waals surface area (Å²) >= 11 is 0. The normalized spacial score (nSPS) is 11.4. The van der Waals surface area contributed by atoms with E-state index in [4.69, 9.17) is 11.2 Å². The molecule has 1 rings (SSSR count). The van der Waals surface area contributed by atoms with Gasteiger partial charge in [0.2, 0.25) is 5.91 Å². The molecule has 18 heavy (non-hydrogen) atoms. The summed E-state index contributed by atoms with van der Waals surface area (Å²) in [5.41, 5.74) is 1.90. The number of terminal acetylenes is 1. The molecular weight excluding hydrogens is 228 g/mol. The smallest absolute Gasteiger partial charge is 0.242 e. The maximum atomic E-state index is 11.7. The van der Waals surface area contributed by atoms with Gasteiger partial charge in [-0.25, -0.2) is 0 Å². The van der Waals surface area contributed by atoms with Crippen molar-refractivity contribution in [1.82, 2.24) is 5.32 Å². The SMILES string of the molecule is C#CCNC(=O)C(C)Nc1ccccc1COC. The van der Waals surface area contributed by atoms with Crippen molar-refractivity contribution in [3.63, 3.8) is 0 Å². The van der Waals surface area contributed by atoms with Crippen LogP contribution in [0.15, 0.2) is 24.3 Å². The highest BCUT2D eigenvalue weighted by Gasteiger charge is 2.12. The minimum atomic E-state index is -0.351. The van der Waals surface area contributed by atoms with Gasteiger partial charge in [-0.2, -0.15) is 0 Å².